The van der Waals surface area contributed by atoms with Gasteiger partial charge in [-0.1, -0.05) is 36.8 Å². The van der Waals surface area contributed by atoms with Gasteiger partial charge >= 0.3 is 6.03 Å². The summed E-state index contributed by atoms with van der Waals surface area (Å²) in [5, 5.41) is 16.4. The summed E-state index contributed by atoms with van der Waals surface area (Å²) in [6.07, 6.45) is 10.5. The van der Waals surface area contributed by atoms with Gasteiger partial charge in [0.05, 0.1) is 31.0 Å². The molecule has 0 aliphatic carbocycles. The van der Waals surface area contributed by atoms with Crippen molar-refractivity contribution in [1.29, 1.82) is 0 Å². The topological polar surface area (TPSA) is 113 Å². The predicted molar refractivity (Wildman–Crippen MR) is 142 cm³/mol. The number of aliphatic hydroxyl groups is 1. The monoisotopic (exact) mass is 519 g/mol. The van der Waals surface area contributed by atoms with E-state index in [9.17, 15) is 14.7 Å². The molecular weight excluding hydrogens is 474 g/mol. The molecule has 9 heteroatoms. The van der Waals surface area contributed by atoms with Crippen LogP contribution in [0, 0.1) is 5.92 Å². The van der Waals surface area contributed by atoms with Crippen LogP contribution in [0.15, 0.2) is 36.0 Å². The Labute approximate surface area is 221 Å². The van der Waals surface area contributed by atoms with Gasteiger partial charge in [-0.15, -0.1) is 0 Å². The molecular formula is C28H45N3O6. The molecule has 0 unspecified atom stereocenters. The van der Waals surface area contributed by atoms with Crippen molar-refractivity contribution in [3.8, 4) is 0 Å². The number of hydrogen-bond donors (Lipinski definition) is 3. The van der Waals surface area contributed by atoms with Crippen LogP contribution in [0.4, 0.5) is 4.79 Å². The Morgan fingerprint density at radius 3 is 2.54 bits per heavy atom. The molecule has 3 aliphatic heterocycles. The Hall–Kier alpha value is -2.20. The number of amides is 3. The van der Waals surface area contributed by atoms with E-state index in [-0.39, 0.29) is 54.4 Å². The minimum atomic E-state index is -0.641. The quantitative estimate of drug-likeness (QED) is 0.258. The fraction of sp³-hybridized carbons (Fsp3) is 0.714. The Bertz CT molecular complexity index is 896. The zero-order chi connectivity index (χ0) is 27.3. The number of carbonyl (C=O) groups is 2. The van der Waals surface area contributed by atoms with Crippen LogP contribution in [-0.2, 0) is 19.0 Å². The molecule has 3 rings (SSSR count). The van der Waals surface area contributed by atoms with Crippen molar-refractivity contribution >= 4 is 11.9 Å². The third kappa shape index (κ3) is 8.14. The second kappa shape index (κ2) is 12.6. The van der Waals surface area contributed by atoms with Crippen LogP contribution in [0.5, 0.6) is 0 Å². The van der Waals surface area contributed by atoms with Gasteiger partial charge in [0.2, 0.25) is 5.91 Å². The highest BCUT2D eigenvalue weighted by Gasteiger charge is 2.57. The second-order valence-electron chi connectivity index (χ2n) is 11.2. The van der Waals surface area contributed by atoms with Gasteiger partial charge in [-0.3, -0.25) is 4.79 Å². The number of rotatable bonds is 8. The van der Waals surface area contributed by atoms with E-state index in [0.29, 0.717) is 6.61 Å². The SMILES string of the molecule is CC(/C=C/[C@H]1O[C@H](C)C[C@@]2(CO2)[C@@H]1O)=C\C[C@@H]1O[C@H](C)[C@H](NC(=O)/C=C\[C@H](C)NC(=O)N(C)C)C[C@@H]1C. The number of aliphatic hydroxyl groups excluding tert-OH is 1. The smallest absolute Gasteiger partial charge is 0.317 e. The van der Waals surface area contributed by atoms with Gasteiger partial charge in [0.15, 0.2) is 0 Å². The highest BCUT2D eigenvalue weighted by atomic mass is 16.6. The van der Waals surface area contributed by atoms with E-state index >= 15 is 0 Å². The molecule has 3 heterocycles. The third-order valence-corrected chi connectivity index (χ3v) is 7.45. The molecule has 0 aromatic rings. The molecule has 0 radical (unpaired) electrons. The fourth-order valence-corrected chi connectivity index (χ4v) is 4.99. The summed E-state index contributed by atoms with van der Waals surface area (Å²) in [7, 11) is 3.34. The van der Waals surface area contributed by atoms with E-state index in [1.165, 1.54) is 11.0 Å². The summed E-state index contributed by atoms with van der Waals surface area (Å²) in [5.74, 6) is 0.0748. The molecule has 0 aromatic carbocycles. The first-order valence-electron chi connectivity index (χ1n) is 13.3. The standard InChI is InChI=1S/C28H45N3O6/c1-17(9-12-24-26(33)28(16-35-28)15-20(4)36-24)8-11-23-18(2)14-22(21(5)37-23)30-25(32)13-10-19(3)29-27(34)31(6)7/h8-10,12-13,18-24,26,33H,11,14-16H2,1-7H3,(H,29,34)(H,30,32)/b12-9+,13-10-,17-8+/t18-,19-,20+,21+,22+,23-,24+,26+,28+/m0/s1. The summed E-state index contributed by atoms with van der Waals surface area (Å²) in [6, 6.07) is -0.543. The molecule has 1 spiro atoms. The summed E-state index contributed by atoms with van der Waals surface area (Å²) < 4.78 is 17.7. The molecule has 3 fully saturated rings. The average Bonchev–Trinajstić information content (AvgIpc) is 3.60. The van der Waals surface area contributed by atoms with E-state index in [1.807, 2.05) is 39.8 Å². The Kier molecular flexibility index (Phi) is 9.97. The average molecular weight is 520 g/mol. The molecule has 3 aliphatic rings. The van der Waals surface area contributed by atoms with Crippen molar-refractivity contribution in [3.63, 3.8) is 0 Å². The van der Waals surface area contributed by atoms with Crippen molar-refractivity contribution in [2.75, 3.05) is 20.7 Å². The van der Waals surface area contributed by atoms with E-state index in [2.05, 4.69) is 23.6 Å². The molecule has 208 valence electrons. The van der Waals surface area contributed by atoms with Crippen LogP contribution in [0.2, 0.25) is 0 Å². The van der Waals surface area contributed by atoms with Crippen LogP contribution in [-0.4, -0.2) is 90.9 Å². The highest BCUT2D eigenvalue weighted by molar-refractivity contribution is 5.88. The third-order valence-electron chi connectivity index (χ3n) is 7.45. The fourth-order valence-electron chi connectivity index (χ4n) is 4.99. The van der Waals surface area contributed by atoms with Crippen LogP contribution in [0.25, 0.3) is 0 Å². The normalized spacial score (nSPS) is 37.1. The summed E-state index contributed by atoms with van der Waals surface area (Å²) in [6.45, 7) is 10.6. The molecule has 37 heavy (non-hydrogen) atoms. The maximum absolute atomic E-state index is 12.4. The van der Waals surface area contributed by atoms with E-state index in [0.717, 1.165) is 24.8 Å². The number of epoxide rings is 1. The number of hydrogen-bond acceptors (Lipinski definition) is 6. The molecule has 9 nitrogen and oxygen atoms in total. The van der Waals surface area contributed by atoms with Gasteiger partial charge < -0.3 is 34.9 Å². The first kappa shape index (κ1) is 29.4. The summed E-state index contributed by atoms with van der Waals surface area (Å²) >= 11 is 0. The number of nitrogens with zero attached hydrogens (tertiary/aromatic N) is 1. The van der Waals surface area contributed by atoms with Gasteiger partial charge in [-0.05, 0) is 46.5 Å². The van der Waals surface area contributed by atoms with Gasteiger partial charge in [0.25, 0.3) is 0 Å². The lowest BCUT2D eigenvalue weighted by Gasteiger charge is -2.39. The zero-order valence-electron chi connectivity index (χ0n) is 23.3. The first-order chi connectivity index (χ1) is 17.4. The molecule has 0 aromatic heterocycles. The van der Waals surface area contributed by atoms with Crippen molar-refractivity contribution in [3.05, 3.63) is 36.0 Å². The molecule has 9 atom stereocenters. The van der Waals surface area contributed by atoms with Crippen LogP contribution < -0.4 is 10.6 Å². The molecule has 0 saturated carbocycles. The molecule has 3 saturated heterocycles. The van der Waals surface area contributed by atoms with Crippen molar-refractivity contribution in [2.24, 2.45) is 5.92 Å². The number of allylic oxidation sites excluding steroid dienone is 2. The number of urea groups is 1. The number of carbonyl (C=O) groups excluding carboxylic acids is 2. The summed E-state index contributed by atoms with van der Waals surface area (Å²) in [5.41, 5.74) is 0.660. The lowest BCUT2D eigenvalue weighted by atomic mass is 9.87. The maximum atomic E-state index is 12.4. The zero-order valence-corrected chi connectivity index (χ0v) is 23.3. The van der Waals surface area contributed by atoms with Gasteiger partial charge in [0.1, 0.15) is 17.8 Å². The van der Waals surface area contributed by atoms with E-state index < -0.39 is 11.7 Å². The van der Waals surface area contributed by atoms with Crippen molar-refractivity contribution in [2.45, 2.75) is 102 Å². The Morgan fingerprint density at radius 2 is 1.89 bits per heavy atom. The maximum Gasteiger partial charge on any atom is 0.317 e. The van der Waals surface area contributed by atoms with Crippen molar-refractivity contribution < 1.29 is 28.9 Å². The van der Waals surface area contributed by atoms with Crippen molar-refractivity contribution in [1.82, 2.24) is 15.5 Å². The van der Waals surface area contributed by atoms with E-state index in [4.69, 9.17) is 14.2 Å². The van der Waals surface area contributed by atoms with Gasteiger partial charge in [0, 0.05) is 32.6 Å². The lowest BCUT2D eigenvalue weighted by Crippen LogP contribution is -2.50. The molecule has 3 N–H and O–H groups in total. The predicted octanol–water partition coefficient (Wildman–Crippen LogP) is 2.70. The molecule has 0 bridgehead atoms. The number of ether oxygens (including phenoxy) is 3. The highest BCUT2D eigenvalue weighted by Crippen LogP contribution is 2.42. The Balaban J connectivity index is 1.45. The minimum Gasteiger partial charge on any atom is -0.387 e. The van der Waals surface area contributed by atoms with Gasteiger partial charge in [-0.2, -0.15) is 0 Å². The second-order valence-corrected chi connectivity index (χ2v) is 11.2. The minimum absolute atomic E-state index is 0.0547. The van der Waals surface area contributed by atoms with Crippen LogP contribution in [0.1, 0.15) is 53.9 Å². The molecule has 3 amide bonds. The largest absolute Gasteiger partial charge is 0.387 e. The lowest BCUT2D eigenvalue weighted by molar-refractivity contribution is -0.126. The van der Waals surface area contributed by atoms with Crippen LogP contribution >= 0.6 is 0 Å². The van der Waals surface area contributed by atoms with E-state index in [1.54, 1.807) is 20.2 Å². The Morgan fingerprint density at radius 1 is 1.19 bits per heavy atom. The number of nitrogens with one attached hydrogen (secondary N) is 2. The van der Waals surface area contributed by atoms with Gasteiger partial charge in [-0.25, -0.2) is 4.79 Å². The van der Waals surface area contributed by atoms with Crippen LogP contribution in [0.3, 0.4) is 0 Å². The summed E-state index contributed by atoms with van der Waals surface area (Å²) in [4.78, 5) is 25.6. The first-order valence-corrected chi connectivity index (χ1v) is 13.3.